The molecule has 2 aromatic rings. The number of unbranched alkanes of at least 4 members (excludes halogenated alkanes) is 1. The number of fused-ring (bicyclic) bond motifs is 1. The highest BCUT2D eigenvalue weighted by Crippen LogP contribution is 2.35. The van der Waals surface area contributed by atoms with Crippen molar-refractivity contribution in [3.63, 3.8) is 0 Å². The molecule has 0 radical (unpaired) electrons. The molecule has 188 valence electrons. The molecular weight excluding hydrogens is 484 g/mol. The van der Waals surface area contributed by atoms with Crippen LogP contribution in [-0.4, -0.2) is 53.7 Å². The summed E-state index contributed by atoms with van der Waals surface area (Å²) in [7, 11) is 1.67. The van der Waals surface area contributed by atoms with Crippen LogP contribution >= 0.6 is 11.6 Å². The number of carbonyl (C=O) groups excluding carboxylic acids is 2. The highest BCUT2D eigenvalue weighted by molar-refractivity contribution is 6.30. The van der Waals surface area contributed by atoms with Gasteiger partial charge >= 0.3 is 0 Å². The second-order valence-electron chi connectivity index (χ2n) is 8.79. The van der Waals surface area contributed by atoms with E-state index >= 15 is 0 Å². The van der Waals surface area contributed by atoms with Gasteiger partial charge in [-0.15, -0.1) is 0 Å². The summed E-state index contributed by atoms with van der Waals surface area (Å²) in [6.07, 6.45) is 3.41. The molecule has 2 aliphatic heterocycles. The smallest absolute Gasteiger partial charge is 0.274 e. The molecule has 11 heteroatoms. The van der Waals surface area contributed by atoms with E-state index in [0.29, 0.717) is 32.6 Å². The summed E-state index contributed by atoms with van der Waals surface area (Å²) in [6.45, 7) is 2.98. The molecule has 1 aromatic heterocycles. The van der Waals surface area contributed by atoms with Gasteiger partial charge in [0.15, 0.2) is 11.4 Å². The maximum atomic E-state index is 14.2. The van der Waals surface area contributed by atoms with Gasteiger partial charge in [0.1, 0.15) is 22.2 Å². The molecule has 1 saturated heterocycles. The summed E-state index contributed by atoms with van der Waals surface area (Å²) in [5.74, 6) is -3.27. The van der Waals surface area contributed by atoms with Crippen molar-refractivity contribution < 1.29 is 27.8 Å². The first-order chi connectivity index (χ1) is 16.7. The van der Waals surface area contributed by atoms with E-state index in [2.05, 4.69) is 5.32 Å². The largest absolute Gasteiger partial charge is 0.487 e. The number of rotatable bonds is 7. The van der Waals surface area contributed by atoms with E-state index in [1.54, 1.807) is 16.5 Å². The summed E-state index contributed by atoms with van der Waals surface area (Å²) in [6, 6.07) is 2.15. The number of carbonyl (C=O) groups is 2. The van der Waals surface area contributed by atoms with Crippen LogP contribution in [0.15, 0.2) is 23.1 Å². The third-order valence-electron chi connectivity index (χ3n) is 6.55. The maximum Gasteiger partial charge on any atom is 0.274 e. The fourth-order valence-corrected chi connectivity index (χ4v) is 4.54. The molecule has 1 unspecified atom stereocenters. The average Bonchev–Trinajstić information content (AvgIpc) is 3.31. The van der Waals surface area contributed by atoms with E-state index in [0.717, 1.165) is 18.6 Å². The maximum absolute atomic E-state index is 14.2. The van der Waals surface area contributed by atoms with Crippen molar-refractivity contribution in [2.45, 2.75) is 44.8 Å². The fourth-order valence-electron chi connectivity index (χ4n) is 4.35. The molecule has 1 aromatic carbocycles. The predicted molar refractivity (Wildman–Crippen MR) is 124 cm³/mol. The molecule has 0 saturated carbocycles. The van der Waals surface area contributed by atoms with Crippen molar-refractivity contribution in [3.8, 4) is 5.75 Å². The Morgan fingerprint density at radius 2 is 2.09 bits per heavy atom. The third-order valence-corrected chi connectivity index (χ3v) is 6.89. The van der Waals surface area contributed by atoms with Crippen LogP contribution in [0.2, 0.25) is 5.02 Å². The van der Waals surface area contributed by atoms with Gasteiger partial charge in [0.2, 0.25) is 5.43 Å². The number of benzene rings is 1. The molecule has 0 aliphatic carbocycles. The SMILES string of the molecule is CCCCOc1c2n(cc(C(=O)NCc3ccc(F)c(Cl)c3F)c1=O)CC1(CCOC1)N(C)C2=O. The number of nitrogens with one attached hydrogen (secondary N) is 1. The summed E-state index contributed by atoms with van der Waals surface area (Å²) in [5, 5.41) is 1.80. The summed E-state index contributed by atoms with van der Waals surface area (Å²) in [4.78, 5) is 41.2. The number of halogens is 3. The van der Waals surface area contributed by atoms with Crippen LogP contribution in [0.3, 0.4) is 0 Å². The van der Waals surface area contributed by atoms with Crippen molar-refractivity contribution >= 4 is 23.4 Å². The Kier molecular flexibility index (Phi) is 7.14. The number of pyridine rings is 1. The Morgan fingerprint density at radius 1 is 1.31 bits per heavy atom. The highest BCUT2D eigenvalue weighted by atomic mass is 35.5. The van der Waals surface area contributed by atoms with Gasteiger partial charge in [-0.1, -0.05) is 31.0 Å². The number of hydrogen-bond acceptors (Lipinski definition) is 5. The number of hydrogen-bond donors (Lipinski definition) is 1. The summed E-state index contributed by atoms with van der Waals surface area (Å²) >= 11 is 5.61. The quantitative estimate of drug-likeness (QED) is 0.457. The van der Waals surface area contributed by atoms with Gasteiger partial charge in [-0.25, -0.2) is 8.78 Å². The molecule has 0 bridgehead atoms. The minimum atomic E-state index is -0.991. The van der Waals surface area contributed by atoms with Gasteiger partial charge in [-0.2, -0.15) is 0 Å². The lowest BCUT2D eigenvalue weighted by Gasteiger charge is -2.43. The lowest BCUT2D eigenvalue weighted by Crippen LogP contribution is -2.57. The molecule has 1 fully saturated rings. The van der Waals surface area contributed by atoms with E-state index < -0.39 is 33.5 Å². The van der Waals surface area contributed by atoms with E-state index in [9.17, 15) is 23.2 Å². The topological polar surface area (TPSA) is 89.9 Å². The van der Waals surface area contributed by atoms with Gasteiger partial charge in [0.05, 0.1) is 18.8 Å². The van der Waals surface area contributed by atoms with Crippen molar-refractivity contribution in [2.24, 2.45) is 0 Å². The molecule has 4 rings (SSSR count). The van der Waals surface area contributed by atoms with Crippen LogP contribution in [0.4, 0.5) is 8.78 Å². The Bertz CT molecular complexity index is 1230. The number of aromatic nitrogens is 1. The number of nitrogens with zero attached hydrogens (tertiary/aromatic N) is 2. The summed E-state index contributed by atoms with van der Waals surface area (Å²) in [5.41, 5.74) is -1.54. The molecule has 2 aliphatic rings. The predicted octanol–water partition coefficient (Wildman–Crippen LogP) is 3.13. The Labute approximate surface area is 205 Å². The van der Waals surface area contributed by atoms with Crippen LogP contribution in [-0.2, 0) is 17.8 Å². The van der Waals surface area contributed by atoms with Gasteiger partial charge in [-0.3, -0.25) is 14.4 Å². The first kappa shape index (κ1) is 25.1. The zero-order valence-corrected chi connectivity index (χ0v) is 20.2. The second-order valence-corrected chi connectivity index (χ2v) is 9.17. The van der Waals surface area contributed by atoms with Crippen molar-refractivity contribution in [2.75, 3.05) is 26.9 Å². The molecule has 35 heavy (non-hydrogen) atoms. The van der Waals surface area contributed by atoms with E-state index in [1.807, 2.05) is 6.92 Å². The van der Waals surface area contributed by atoms with E-state index in [1.165, 1.54) is 6.20 Å². The average molecular weight is 510 g/mol. The lowest BCUT2D eigenvalue weighted by molar-refractivity contribution is 0.0341. The van der Waals surface area contributed by atoms with Crippen molar-refractivity contribution in [1.82, 2.24) is 14.8 Å². The molecule has 1 N–H and O–H groups in total. The number of ether oxygens (including phenoxy) is 2. The highest BCUT2D eigenvalue weighted by Gasteiger charge is 2.47. The number of amides is 2. The third kappa shape index (κ3) is 4.52. The monoisotopic (exact) mass is 509 g/mol. The van der Waals surface area contributed by atoms with Crippen molar-refractivity contribution in [1.29, 1.82) is 0 Å². The Morgan fingerprint density at radius 3 is 2.77 bits per heavy atom. The lowest BCUT2D eigenvalue weighted by atomic mass is 9.92. The van der Waals surface area contributed by atoms with Gasteiger partial charge < -0.3 is 24.3 Å². The van der Waals surface area contributed by atoms with Crippen LogP contribution < -0.4 is 15.5 Å². The normalized spacial score (nSPS) is 19.2. The van der Waals surface area contributed by atoms with Crippen LogP contribution in [0.1, 0.15) is 52.6 Å². The first-order valence-corrected chi connectivity index (χ1v) is 11.7. The van der Waals surface area contributed by atoms with Crippen LogP contribution in [0.25, 0.3) is 0 Å². The van der Waals surface area contributed by atoms with Gasteiger partial charge in [0.25, 0.3) is 11.8 Å². The molecule has 3 heterocycles. The standard InChI is InChI=1S/C24H26ClF2N3O5/c1-3-4-8-35-21-19-23(33)29(2)24(7-9-34-13-24)12-30(19)11-15(20(21)31)22(32)28-10-14-5-6-16(26)17(25)18(14)27/h5-6,11H,3-4,7-10,12-13H2,1-2H3,(H,28,32). The second kappa shape index (κ2) is 9.94. The molecule has 2 amide bonds. The zero-order chi connectivity index (χ0) is 25.3. The fraction of sp³-hybridized carbons (Fsp3) is 0.458. The van der Waals surface area contributed by atoms with Crippen molar-refractivity contribution in [3.05, 3.63) is 62.0 Å². The first-order valence-electron chi connectivity index (χ1n) is 11.4. The van der Waals surface area contributed by atoms with Gasteiger partial charge in [-0.05, 0) is 18.9 Å². The number of likely N-dealkylation sites (N-methyl/N-ethyl adjacent to an activating group) is 1. The van der Waals surface area contributed by atoms with Crippen LogP contribution in [0.5, 0.6) is 5.75 Å². The van der Waals surface area contributed by atoms with Gasteiger partial charge in [0, 0.05) is 38.5 Å². The summed E-state index contributed by atoms with van der Waals surface area (Å²) < 4.78 is 40.5. The molecular formula is C24H26ClF2N3O5. The van der Waals surface area contributed by atoms with E-state index in [-0.39, 0.29) is 41.6 Å². The minimum Gasteiger partial charge on any atom is -0.487 e. The zero-order valence-electron chi connectivity index (χ0n) is 19.5. The van der Waals surface area contributed by atoms with E-state index in [4.69, 9.17) is 21.1 Å². The Hall–Kier alpha value is -2.98. The van der Waals surface area contributed by atoms with Crippen LogP contribution in [0, 0.1) is 11.6 Å². The minimum absolute atomic E-state index is 0.0407. The molecule has 1 atom stereocenters. The Balaban J connectivity index is 1.70. The molecule has 8 nitrogen and oxygen atoms in total. The molecule has 1 spiro atoms.